The van der Waals surface area contributed by atoms with E-state index in [0.29, 0.717) is 0 Å². The molecule has 1 aromatic carbocycles. The highest BCUT2D eigenvalue weighted by Crippen LogP contribution is 2.26. The molecule has 0 unspecified atom stereocenters. The molecule has 3 aromatic rings. The van der Waals surface area contributed by atoms with Crippen molar-refractivity contribution in [3.05, 3.63) is 66.6 Å². The van der Waals surface area contributed by atoms with Gasteiger partial charge in [0, 0.05) is 16.8 Å². The first-order chi connectivity index (χ1) is 12.6. The third-order valence-corrected chi connectivity index (χ3v) is 3.63. The highest BCUT2D eigenvalue weighted by Gasteiger charge is 2.07. The van der Waals surface area contributed by atoms with Crippen molar-refractivity contribution >= 4 is 17.6 Å². The van der Waals surface area contributed by atoms with E-state index in [1.54, 1.807) is 0 Å². The van der Waals surface area contributed by atoms with Crippen molar-refractivity contribution in [3.8, 4) is 11.3 Å². The van der Waals surface area contributed by atoms with E-state index in [-0.39, 0.29) is 5.69 Å². The molecule has 3 N–H and O–H groups in total. The van der Waals surface area contributed by atoms with Gasteiger partial charge >= 0.3 is 0 Å². The summed E-state index contributed by atoms with van der Waals surface area (Å²) in [5, 5.41) is 6.90. The summed E-state index contributed by atoms with van der Waals surface area (Å²) >= 11 is 1.23. The van der Waals surface area contributed by atoms with E-state index in [9.17, 15) is 13.2 Å². The second kappa shape index (κ2) is 12.0. The molecule has 0 fully saturated rings. The zero-order valence-corrected chi connectivity index (χ0v) is 15.2. The quantitative estimate of drug-likeness (QED) is 0.417. The maximum atomic E-state index is 13.4. The lowest BCUT2D eigenvalue weighted by Crippen LogP contribution is -1.95. The summed E-state index contributed by atoms with van der Waals surface area (Å²) in [5.74, 6) is -1.70. The molecule has 0 radical (unpaired) electrons. The van der Waals surface area contributed by atoms with E-state index in [2.05, 4.69) is 14.7 Å². The van der Waals surface area contributed by atoms with Gasteiger partial charge in [0.25, 0.3) is 0 Å². The third kappa shape index (κ3) is 6.81. The first-order valence-corrected chi connectivity index (χ1v) is 8.61. The first kappa shape index (κ1) is 21.6. The number of aromatic nitrogens is 2. The molecule has 0 aliphatic heterocycles. The number of nitrogens with zero attached hydrogens (tertiary/aromatic N) is 1. The predicted molar refractivity (Wildman–Crippen MR) is 99.4 cm³/mol. The van der Waals surface area contributed by atoms with Crippen LogP contribution in [0.3, 0.4) is 0 Å². The number of aromatic amines is 1. The monoisotopic (exact) mass is 383 g/mol. The Bertz CT molecular complexity index is 769. The van der Waals surface area contributed by atoms with E-state index in [1.165, 1.54) is 18.0 Å². The Kier molecular flexibility index (Phi) is 9.96. The molecule has 0 aliphatic rings. The number of hydrogen-bond donors (Lipinski definition) is 3. The average molecular weight is 383 g/mol. The first-order valence-electron chi connectivity index (χ1n) is 7.79. The van der Waals surface area contributed by atoms with Crippen molar-refractivity contribution in [1.82, 2.24) is 9.97 Å². The molecule has 2 aromatic heterocycles. The molecule has 2 heterocycles. The second-order valence-electron chi connectivity index (χ2n) is 4.41. The molecule has 4 nitrogen and oxygen atoms in total. The largest absolute Gasteiger partial charge is 0.366 e. The Morgan fingerprint density at radius 1 is 1.12 bits per heavy atom. The minimum atomic E-state index is -1.25. The van der Waals surface area contributed by atoms with Gasteiger partial charge < -0.3 is 14.8 Å². The minimum absolute atomic E-state index is 0.142. The number of hydrogen-bond acceptors (Lipinski definition) is 4. The summed E-state index contributed by atoms with van der Waals surface area (Å²) in [6, 6.07) is 14.2. The molecule has 0 saturated carbocycles. The summed E-state index contributed by atoms with van der Waals surface area (Å²) in [4.78, 5) is 7.16. The van der Waals surface area contributed by atoms with Gasteiger partial charge in [0.15, 0.2) is 6.86 Å². The van der Waals surface area contributed by atoms with Crippen molar-refractivity contribution in [1.29, 1.82) is 0 Å². The molecule has 0 spiro atoms. The Morgan fingerprint density at radius 2 is 1.77 bits per heavy atom. The summed E-state index contributed by atoms with van der Waals surface area (Å²) in [7, 11) is 0. The van der Waals surface area contributed by atoms with Gasteiger partial charge in [0.1, 0.15) is 5.69 Å². The maximum absolute atomic E-state index is 13.4. The second-order valence-corrected chi connectivity index (χ2v) is 5.29. The number of rotatable bonds is 4. The number of benzene rings is 1. The summed E-state index contributed by atoms with van der Waals surface area (Å²) in [6.07, 6.45) is 1.81. The van der Waals surface area contributed by atoms with Crippen LogP contribution in [0.1, 0.15) is 13.8 Å². The maximum Gasteiger partial charge on any atom is 0.239 e. The fourth-order valence-electron chi connectivity index (χ4n) is 1.82. The van der Waals surface area contributed by atoms with E-state index in [4.69, 9.17) is 5.11 Å². The molecule has 140 valence electrons. The molecule has 8 heteroatoms. The molecular weight excluding hydrogens is 363 g/mol. The normalized spacial score (nSPS) is 9.46. The van der Waals surface area contributed by atoms with E-state index in [0.717, 1.165) is 22.2 Å². The van der Waals surface area contributed by atoms with E-state index < -0.39 is 18.8 Å². The van der Waals surface area contributed by atoms with Gasteiger partial charge in [-0.2, -0.15) is 13.8 Å². The van der Waals surface area contributed by atoms with Crippen LogP contribution in [0.15, 0.2) is 59.6 Å². The lowest BCUT2D eigenvalue weighted by atomic mass is 10.2. The number of nitrogens with one attached hydrogen (secondary N) is 2. The van der Waals surface area contributed by atoms with Crippen molar-refractivity contribution < 1.29 is 18.3 Å². The Balaban J connectivity index is 0.000000615. The smallest absolute Gasteiger partial charge is 0.239 e. The molecule has 0 bridgehead atoms. The van der Waals surface area contributed by atoms with Crippen LogP contribution in [0, 0.1) is 11.9 Å². The van der Waals surface area contributed by atoms with Crippen LogP contribution in [0.4, 0.5) is 18.9 Å². The predicted octanol–water partition coefficient (Wildman–Crippen LogP) is 5.41. The van der Waals surface area contributed by atoms with Crippen molar-refractivity contribution in [3.63, 3.8) is 0 Å². The van der Waals surface area contributed by atoms with Gasteiger partial charge in [-0.3, -0.25) is 0 Å². The zero-order chi connectivity index (χ0) is 19.4. The Hall–Kier alpha value is -2.45. The molecule has 0 aliphatic carbocycles. The number of pyridine rings is 1. The Morgan fingerprint density at radius 3 is 2.38 bits per heavy atom. The van der Waals surface area contributed by atoms with Crippen LogP contribution in [0.2, 0.25) is 0 Å². The summed E-state index contributed by atoms with van der Waals surface area (Å²) in [5.41, 5.74) is 2.18. The third-order valence-electron chi connectivity index (χ3n) is 2.83. The van der Waals surface area contributed by atoms with Crippen molar-refractivity contribution in [2.24, 2.45) is 0 Å². The standard InChI is InChI=1S/C15H11F2N3S.C2H6.CH3FO/c16-14-7-6-12(15(17)19-14)20-21-11-8-13(18-9-11)10-4-2-1-3-5-10;1-2;2-1-3/h1-9,18,20H;1-2H3;3H,1H2. The van der Waals surface area contributed by atoms with Gasteiger partial charge in [-0.25, -0.2) is 4.39 Å². The van der Waals surface area contributed by atoms with Crippen LogP contribution < -0.4 is 4.72 Å². The zero-order valence-electron chi connectivity index (χ0n) is 14.3. The van der Waals surface area contributed by atoms with Gasteiger partial charge in [0.05, 0.1) is 0 Å². The number of aliphatic hydroxyl groups excluding tert-OH is 1. The molecule has 26 heavy (non-hydrogen) atoms. The summed E-state index contributed by atoms with van der Waals surface area (Å²) in [6.45, 7) is 2.75. The minimum Gasteiger partial charge on any atom is -0.366 e. The van der Waals surface area contributed by atoms with Crippen molar-refractivity contribution in [2.75, 3.05) is 11.6 Å². The number of aliphatic hydroxyl groups is 1. The number of alkyl halides is 1. The molecule has 0 amide bonds. The molecule has 3 rings (SSSR count). The average Bonchev–Trinajstić information content (AvgIpc) is 3.13. The fraction of sp³-hybridized carbons (Fsp3) is 0.167. The van der Waals surface area contributed by atoms with Gasteiger partial charge in [-0.1, -0.05) is 44.2 Å². The fourth-order valence-corrected chi connectivity index (χ4v) is 2.49. The van der Waals surface area contributed by atoms with Crippen molar-refractivity contribution in [2.45, 2.75) is 18.7 Å². The highest BCUT2D eigenvalue weighted by atomic mass is 32.2. The van der Waals surface area contributed by atoms with Gasteiger partial charge in [-0.15, -0.1) is 0 Å². The van der Waals surface area contributed by atoms with Crippen LogP contribution in [0.5, 0.6) is 0 Å². The number of anilines is 1. The highest BCUT2D eigenvalue weighted by molar-refractivity contribution is 8.00. The van der Waals surface area contributed by atoms with Gasteiger partial charge in [-0.05, 0) is 35.7 Å². The van der Waals surface area contributed by atoms with E-state index in [1.807, 2.05) is 56.4 Å². The van der Waals surface area contributed by atoms with Gasteiger partial charge in [0.2, 0.25) is 11.9 Å². The molecular formula is C18H20F3N3OS. The van der Waals surface area contributed by atoms with Crippen LogP contribution in [0.25, 0.3) is 11.3 Å². The lowest BCUT2D eigenvalue weighted by molar-refractivity contribution is 0.168. The number of halogens is 3. The lowest BCUT2D eigenvalue weighted by Gasteiger charge is -2.03. The molecule has 0 saturated heterocycles. The van der Waals surface area contributed by atoms with Crippen LogP contribution >= 0.6 is 11.9 Å². The number of H-pyrrole nitrogens is 1. The molecule has 0 atom stereocenters. The Labute approximate surface area is 154 Å². The topological polar surface area (TPSA) is 60.9 Å². The summed E-state index contributed by atoms with van der Waals surface area (Å²) < 4.78 is 38.8. The SMILES string of the molecule is CC.Fc1ccc(NSc2c[nH]c(-c3ccccc3)c2)c(F)n1.OCF. The van der Waals surface area contributed by atoms with E-state index >= 15 is 0 Å². The van der Waals surface area contributed by atoms with Crippen LogP contribution in [-0.2, 0) is 0 Å². The van der Waals surface area contributed by atoms with Crippen LogP contribution in [-0.4, -0.2) is 21.9 Å².